The number of hydrogen-bond acceptors (Lipinski definition) is 3. The maximum Gasteiger partial charge on any atom is 0.248 e. The molecule has 0 aliphatic heterocycles. The van der Waals surface area contributed by atoms with E-state index >= 15 is 0 Å². The summed E-state index contributed by atoms with van der Waals surface area (Å²) in [6, 6.07) is 18.7. The van der Waals surface area contributed by atoms with Gasteiger partial charge in [-0.05, 0) is 60.2 Å². The minimum absolute atomic E-state index is 0.0327. The molecule has 148 valence electrons. The van der Waals surface area contributed by atoms with Crippen LogP contribution in [0, 0.1) is 5.82 Å². The summed E-state index contributed by atoms with van der Waals surface area (Å²) in [6.45, 7) is 0.0327. The van der Waals surface area contributed by atoms with Crippen molar-refractivity contribution < 1.29 is 18.7 Å². The maximum absolute atomic E-state index is 13.8. The van der Waals surface area contributed by atoms with Crippen molar-refractivity contribution in [1.29, 1.82) is 0 Å². The van der Waals surface area contributed by atoms with Crippen LogP contribution in [0.25, 0.3) is 6.08 Å². The standard InChI is InChI=1S/C23H19ClFNO3/c1-28-18-12-8-17(9-13-18)26-23(27)14-7-16-5-10-19(11-6-16)29-15-20-21(24)3-2-4-22(20)25/h2-14H,15H2,1H3,(H,26,27). The van der Waals surface area contributed by atoms with E-state index in [4.69, 9.17) is 21.1 Å². The monoisotopic (exact) mass is 411 g/mol. The highest BCUT2D eigenvalue weighted by atomic mass is 35.5. The van der Waals surface area contributed by atoms with E-state index in [0.717, 1.165) is 11.3 Å². The van der Waals surface area contributed by atoms with E-state index in [1.165, 1.54) is 12.1 Å². The first-order valence-corrected chi connectivity index (χ1v) is 9.22. The van der Waals surface area contributed by atoms with Gasteiger partial charge in [0, 0.05) is 17.3 Å². The van der Waals surface area contributed by atoms with Crippen molar-refractivity contribution in [2.24, 2.45) is 0 Å². The zero-order valence-corrected chi connectivity index (χ0v) is 16.4. The Labute approximate surface area is 173 Å². The van der Waals surface area contributed by atoms with E-state index in [9.17, 15) is 9.18 Å². The van der Waals surface area contributed by atoms with Crippen LogP contribution in [0.4, 0.5) is 10.1 Å². The largest absolute Gasteiger partial charge is 0.497 e. The number of hydrogen-bond donors (Lipinski definition) is 1. The van der Waals surface area contributed by atoms with Gasteiger partial charge in [0.2, 0.25) is 5.91 Å². The highest BCUT2D eigenvalue weighted by Gasteiger charge is 2.07. The molecule has 0 unspecified atom stereocenters. The smallest absolute Gasteiger partial charge is 0.248 e. The number of amides is 1. The van der Waals surface area contributed by atoms with Crippen LogP contribution in [-0.4, -0.2) is 13.0 Å². The van der Waals surface area contributed by atoms with Gasteiger partial charge in [-0.15, -0.1) is 0 Å². The van der Waals surface area contributed by atoms with Gasteiger partial charge in [-0.3, -0.25) is 4.79 Å². The molecule has 0 atom stereocenters. The number of halogens is 2. The molecule has 0 aromatic heterocycles. The van der Waals surface area contributed by atoms with Crippen molar-refractivity contribution in [1.82, 2.24) is 0 Å². The summed E-state index contributed by atoms with van der Waals surface area (Å²) in [7, 11) is 1.59. The van der Waals surface area contributed by atoms with Crippen LogP contribution in [-0.2, 0) is 11.4 Å². The molecule has 0 fully saturated rings. The van der Waals surface area contributed by atoms with Crippen molar-refractivity contribution in [3.05, 3.63) is 94.8 Å². The third-order valence-electron chi connectivity index (χ3n) is 4.11. The Bertz CT molecular complexity index is 981. The van der Waals surface area contributed by atoms with E-state index < -0.39 is 5.82 Å². The molecule has 0 radical (unpaired) electrons. The second-order valence-electron chi connectivity index (χ2n) is 6.11. The topological polar surface area (TPSA) is 47.6 Å². The van der Waals surface area contributed by atoms with Gasteiger partial charge in [0.25, 0.3) is 0 Å². The number of methoxy groups -OCH3 is 1. The number of rotatable bonds is 7. The first-order chi connectivity index (χ1) is 14.0. The Balaban J connectivity index is 1.54. The Morgan fingerprint density at radius 2 is 1.72 bits per heavy atom. The lowest BCUT2D eigenvalue weighted by Gasteiger charge is -2.09. The first-order valence-electron chi connectivity index (χ1n) is 8.84. The summed E-state index contributed by atoms with van der Waals surface area (Å²) in [5.41, 5.74) is 1.82. The van der Waals surface area contributed by atoms with E-state index in [2.05, 4.69) is 5.32 Å². The van der Waals surface area contributed by atoms with E-state index in [0.29, 0.717) is 22.0 Å². The van der Waals surface area contributed by atoms with E-state index in [-0.39, 0.29) is 12.5 Å². The minimum atomic E-state index is -0.403. The fourth-order valence-electron chi connectivity index (χ4n) is 2.53. The van der Waals surface area contributed by atoms with Gasteiger partial charge in [-0.25, -0.2) is 4.39 Å². The van der Waals surface area contributed by atoms with Crippen molar-refractivity contribution in [3.8, 4) is 11.5 Å². The normalized spacial score (nSPS) is 10.7. The maximum atomic E-state index is 13.8. The van der Waals surface area contributed by atoms with Crippen molar-refractivity contribution >= 4 is 29.3 Å². The van der Waals surface area contributed by atoms with Crippen LogP contribution in [0.15, 0.2) is 72.8 Å². The highest BCUT2D eigenvalue weighted by molar-refractivity contribution is 6.31. The second kappa shape index (κ2) is 9.75. The zero-order chi connectivity index (χ0) is 20.6. The molecule has 0 saturated carbocycles. The number of carbonyl (C=O) groups excluding carboxylic acids is 1. The molecule has 0 bridgehead atoms. The molecule has 6 heteroatoms. The highest BCUT2D eigenvalue weighted by Crippen LogP contribution is 2.22. The molecule has 4 nitrogen and oxygen atoms in total. The fraction of sp³-hybridized carbons (Fsp3) is 0.0870. The quantitative estimate of drug-likeness (QED) is 0.506. The van der Waals surface area contributed by atoms with Gasteiger partial charge in [0.05, 0.1) is 12.1 Å². The Hall–Kier alpha value is -3.31. The molecule has 0 aliphatic carbocycles. The molecule has 0 spiro atoms. The SMILES string of the molecule is COc1ccc(NC(=O)C=Cc2ccc(OCc3c(F)cccc3Cl)cc2)cc1. The van der Waals surface area contributed by atoms with Gasteiger partial charge in [-0.2, -0.15) is 0 Å². The third-order valence-corrected chi connectivity index (χ3v) is 4.46. The average Bonchev–Trinajstić information content (AvgIpc) is 2.73. The lowest BCUT2D eigenvalue weighted by atomic mass is 10.2. The summed E-state index contributed by atoms with van der Waals surface area (Å²) < 4.78 is 24.4. The molecule has 1 amide bonds. The van der Waals surface area contributed by atoms with Gasteiger partial charge >= 0.3 is 0 Å². The van der Waals surface area contributed by atoms with Crippen LogP contribution < -0.4 is 14.8 Å². The van der Waals surface area contributed by atoms with E-state index in [1.54, 1.807) is 73.8 Å². The molecule has 3 rings (SSSR count). The van der Waals surface area contributed by atoms with Gasteiger partial charge in [0.15, 0.2) is 0 Å². The summed E-state index contributed by atoms with van der Waals surface area (Å²) in [5.74, 6) is 0.645. The molecular formula is C23H19ClFNO3. The predicted molar refractivity (Wildman–Crippen MR) is 113 cm³/mol. The molecule has 29 heavy (non-hydrogen) atoms. The summed E-state index contributed by atoms with van der Waals surface area (Å²) in [4.78, 5) is 12.0. The number of anilines is 1. The second-order valence-corrected chi connectivity index (χ2v) is 6.52. The molecule has 3 aromatic carbocycles. The Morgan fingerprint density at radius 1 is 1.03 bits per heavy atom. The molecular weight excluding hydrogens is 393 g/mol. The first kappa shape index (κ1) is 20.4. The lowest BCUT2D eigenvalue weighted by Crippen LogP contribution is -2.07. The molecule has 1 N–H and O–H groups in total. The number of nitrogens with one attached hydrogen (secondary N) is 1. The van der Waals surface area contributed by atoms with Crippen molar-refractivity contribution in [2.45, 2.75) is 6.61 Å². The van der Waals surface area contributed by atoms with Crippen LogP contribution in [0.5, 0.6) is 11.5 Å². The Morgan fingerprint density at radius 3 is 2.38 bits per heavy atom. The summed E-state index contributed by atoms with van der Waals surface area (Å²) >= 11 is 5.99. The van der Waals surface area contributed by atoms with Crippen LogP contribution >= 0.6 is 11.6 Å². The molecule has 0 saturated heterocycles. The van der Waals surface area contributed by atoms with Gasteiger partial charge < -0.3 is 14.8 Å². The Kier molecular flexibility index (Phi) is 6.87. The van der Waals surface area contributed by atoms with Crippen LogP contribution in [0.1, 0.15) is 11.1 Å². The van der Waals surface area contributed by atoms with Gasteiger partial charge in [0.1, 0.15) is 23.9 Å². The van der Waals surface area contributed by atoms with Crippen molar-refractivity contribution in [3.63, 3.8) is 0 Å². The summed E-state index contributed by atoms with van der Waals surface area (Å²) in [5, 5.41) is 3.10. The van der Waals surface area contributed by atoms with Crippen molar-refractivity contribution in [2.75, 3.05) is 12.4 Å². The number of carbonyl (C=O) groups is 1. The minimum Gasteiger partial charge on any atom is -0.497 e. The zero-order valence-electron chi connectivity index (χ0n) is 15.7. The van der Waals surface area contributed by atoms with Gasteiger partial charge in [-0.1, -0.05) is 29.8 Å². The molecule has 0 aliphatic rings. The lowest BCUT2D eigenvalue weighted by molar-refractivity contribution is -0.111. The van der Waals surface area contributed by atoms with Crippen LogP contribution in [0.2, 0.25) is 5.02 Å². The number of ether oxygens (including phenoxy) is 2. The fourth-order valence-corrected chi connectivity index (χ4v) is 2.75. The summed E-state index contributed by atoms with van der Waals surface area (Å²) in [6.07, 6.45) is 3.13. The molecule has 0 heterocycles. The average molecular weight is 412 g/mol. The molecule has 3 aromatic rings. The predicted octanol–water partition coefficient (Wildman–Crippen LogP) is 5.72. The third kappa shape index (κ3) is 5.83. The van der Waals surface area contributed by atoms with E-state index in [1.807, 2.05) is 0 Å². The number of benzene rings is 3. The van der Waals surface area contributed by atoms with Crippen LogP contribution in [0.3, 0.4) is 0 Å².